The van der Waals surface area contributed by atoms with Crippen molar-refractivity contribution in [2.24, 2.45) is 0 Å². The predicted octanol–water partition coefficient (Wildman–Crippen LogP) is 14.7. The molecule has 0 radical (unpaired) electrons. The molecule has 3 aliphatic rings. The zero-order valence-electron chi connectivity index (χ0n) is 36.6. The van der Waals surface area contributed by atoms with E-state index < -0.39 is 10.8 Å². The summed E-state index contributed by atoms with van der Waals surface area (Å²) in [5, 5.41) is 2.37. The predicted molar refractivity (Wildman–Crippen MR) is 271 cm³/mol. The average Bonchev–Trinajstić information content (AvgIpc) is 3.87. The summed E-state index contributed by atoms with van der Waals surface area (Å²) in [7, 11) is 0. The molecular formula is C64H41N3. The molecule has 0 saturated carbocycles. The average molecular weight is 852 g/mol. The first-order chi connectivity index (χ1) is 33.2. The molecule has 0 saturated heterocycles. The SMILES string of the molecule is c1ccc(-c2nc(Cc3c(-c4ccc5c(c4)C4(c6ccccc6-c6ccccc64)c4ccccc4C54c5ccccc5-c5ccccc54)ccc4ccccc34)nc(-c3ccccc3)n2)cc1. The summed E-state index contributed by atoms with van der Waals surface area (Å²) < 4.78 is 0. The van der Waals surface area contributed by atoms with E-state index in [2.05, 4.69) is 200 Å². The maximum Gasteiger partial charge on any atom is 0.163 e. The van der Waals surface area contributed by atoms with E-state index in [-0.39, 0.29) is 0 Å². The van der Waals surface area contributed by atoms with Crippen molar-refractivity contribution in [3.8, 4) is 56.2 Å². The molecule has 0 unspecified atom stereocenters. The highest BCUT2D eigenvalue weighted by molar-refractivity contribution is 5.96. The Balaban J connectivity index is 1.07. The number of hydrogen-bond acceptors (Lipinski definition) is 3. The summed E-state index contributed by atoms with van der Waals surface area (Å²) >= 11 is 0. The normalized spacial score (nSPS) is 14.0. The van der Waals surface area contributed by atoms with Gasteiger partial charge >= 0.3 is 0 Å². The minimum atomic E-state index is -0.590. The summed E-state index contributed by atoms with van der Waals surface area (Å²) in [4.78, 5) is 15.5. The highest BCUT2D eigenvalue weighted by atomic mass is 15.0. The van der Waals surface area contributed by atoms with Gasteiger partial charge in [0.05, 0.1) is 10.8 Å². The van der Waals surface area contributed by atoms with Crippen LogP contribution < -0.4 is 0 Å². The van der Waals surface area contributed by atoms with Crippen molar-refractivity contribution in [3.63, 3.8) is 0 Å². The van der Waals surface area contributed by atoms with Gasteiger partial charge in [0.1, 0.15) is 5.82 Å². The van der Waals surface area contributed by atoms with E-state index in [9.17, 15) is 0 Å². The summed E-state index contributed by atoms with van der Waals surface area (Å²) in [6, 6.07) is 87.1. The molecule has 0 N–H and O–H groups in total. The Bertz CT molecular complexity index is 3650. The highest BCUT2D eigenvalue weighted by Gasteiger charge is 2.59. The third kappa shape index (κ3) is 5.25. The van der Waals surface area contributed by atoms with Crippen molar-refractivity contribution in [1.82, 2.24) is 15.0 Å². The summed E-state index contributed by atoms with van der Waals surface area (Å²) in [5.74, 6) is 2.06. The van der Waals surface area contributed by atoms with Gasteiger partial charge in [-0.05, 0) is 100 Å². The molecule has 11 aromatic rings. The standard InChI is InChI=1S/C64H41N3/c1-3-20-42(21-4-1)61-65-60(66-62(67-61)43-22-5-2-6-23-43)40-51-45-24-8-7-19-41(45)35-37-46(51)44-36-38-58-59(39-44)64(54-31-15-11-27-49(54)50-28-12-16-32-55(50)64)57-34-18-17-33-56(57)63(58)52-29-13-9-25-47(52)48-26-10-14-30-53(48)63/h1-39H,40H2. The van der Waals surface area contributed by atoms with E-state index in [4.69, 9.17) is 15.0 Å². The molecule has 3 heteroatoms. The van der Waals surface area contributed by atoms with Crippen molar-refractivity contribution < 1.29 is 0 Å². The molecule has 2 spiro atoms. The molecule has 10 aromatic carbocycles. The van der Waals surface area contributed by atoms with Crippen LogP contribution >= 0.6 is 0 Å². The Morgan fingerprint density at radius 2 is 0.701 bits per heavy atom. The van der Waals surface area contributed by atoms with Crippen LogP contribution in [0.25, 0.3) is 66.9 Å². The molecule has 14 rings (SSSR count). The molecule has 0 bridgehead atoms. The molecule has 3 aliphatic carbocycles. The Morgan fingerprint density at radius 1 is 0.284 bits per heavy atom. The van der Waals surface area contributed by atoms with Gasteiger partial charge in [-0.1, -0.05) is 231 Å². The third-order valence-corrected chi connectivity index (χ3v) is 14.9. The zero-order valence-corrected chi connectivity index (χ0v) is 36.6. The van der Waals surface area contributed by atoms with Crippen molar-refractivity contribution in [2.45, 2.75) is 17.3 Å². The van der Waals surface area contributed by atoms with Gasteiger partial charge in [-0.15, -0.1) is 0 Å². The lowest BCUT2D eigenvalue weighted by molar-refractivity contribution is 0.633. The van der Waals surface area contributed by atoms with Gasteiger partial charge < -0.3 is 0 Å². The molecular weight excluding hydrogens is 811 g/mol. The van der Waals surface area contributed by atoms with Crippen LogP contribution in [-0.2, 0) is 17.3 Å². The number of benzene rings is 10. The Hall–Kier alpha value is -8.53. The number of nitrogens with zero attached hydrogens (tertiary/aromatic N) is 3. The fourth-order valence-electron chi connectivity index (χ4n) is 12.3. The minimum Gasteiger partial charge on any atom is -0.213 e. The third-order valence-electron chi connectivity index (χ3n) is 14.9. The van der Waals surface area contributed by atoms with Crippen molar-refractivity contribution in [3.05, 3.63) is 292 Å². The number of hydrogen-bond donors (Lipinski definition) is 0. The first-order valence-electron chi connectivity index (χ1n) is 23.2. The molecule has 1 aromatic heterocycles. The molecule has 312 valence electrons. The van der Waals surface area contributed by atoms with Crippen LogP contribution in [0.4, 0.5) is 0 Å². The minimum absolute atomic E-state index is 0.514. The molecule has 3 nitrogen and oxygen atoms in total. The first kappa shape index (κ1) is 37.8. The number of rotatable bonds is 5. The topological polar surface area (TPSA) is 38.7 Å². The number of aromatic nitrogens is 3. The van der Waals surface area contributed by atoms with Crippen LogP contribution in [0, 0.1) is 0 Å². The summed E-state index contributed by atoms with van der Waals surface area (Å²) in [6.45, 7) is 0. The molecule has 0 fully saturated rings. The van der Waals surface area contributed by atoms with E-state index in [1.807, 2.05) is 36.4 Å². The van der Waals surface area contributed by atoms with E-state index in [1.165, 1.54) is 88.7 Å². The van der Waals surface area contributed by atoms with Gasteiger partial charge in [-0.3, -0.25) is 0 Å². The Morgan fingerprint density at radius 3 is 1.22 bits per heavy atom. The maximum absolute atomic E-state index is 5.24. The zero-order chi connectivity index (χ0) is 44.1. The molecule has 0 amide bonds. The van der Waals surface area contributed by atoms with Crippen LogP contribution in [-0.4, -0.2) is 15.0 Å². The van der Waals surface area contributed by atoms with E-state index in [1.54, 1.807) is 0 Å². The Kier molecular flexibility index (Phi) is 8.18. The van der Waals surface area contributed by atoms with Gasteiger partial charge in [0, 0.05) is 17.5 Å². The monoisotopic (exact) mass is 851 g/mol. The lowest BCUT2D eigenvalue weighted by atomic mass is 9.52. The van der Waals surface area contributed by atoms with Gasteiger partial charge in [0.2, 0.25) is 0 Å². The van der Waals surface area contributed by atoms with Gasteiger partial charge in [-0.2, -0.15) is 0 Å². The maximum atomic E-state index is 5.24. The molecule has 0 atom stereocenters. The molecule has 1 heterocycles. The van der Waals surface area contributed by atoms with Crippen LogP contribution in [0.2, 0.25) is 0 Å². The fraction of sp³-hybridized carbons (Fsp3) is 0.0469. The van der Waals surface area contributed by atoms with E-state index >= 15 is 0 Å². The van der Waals surface area contributed by atoms with Crippen LogP contribution in [0.3, 0.4) is 0 Å². The first-order valence-corrected chi connectivity index (χ1v) is 23.2. The molecule has 0 aliphatic heterocycles. The van der Waals surface area contributed by atoms with Crippen LogP contribution in [0.5, 0.6) is 0 Å². The van der Waals surface area contributed by atoms with E-state index in [0.717, 1.165) is 22.5 Å². The lowest BCUT2D eigenvalue weighted by Crippen LogP contribution is -2.43. The van der Waals surface area contributed by atoms with Crippen molar-refractivity contribution in [2.75, 3.05) is 0 Å². The van der Waals surface area contributed by atoms with Gasteiger partial charge in [0.15, 0.2) is 11.6 Å². The second-order valence-corrected chi connectivity index (χ2v) is 18.1. The van der Waals surface area contributed by atoms with Crippen molar-refractivity contribution in [1.29, 1.82) is 0 Å². The summed E-state index contributed by atoms with van der Waals surface area (Å²) in [6.07, 6.45) is 0.514. The number of fused-ring (bicyclic) bond motifs is 17. The molecule has 67 heavy (non-hydrogen) atoms. The Labute approximate surface area is 389 Å². The van der Waals surface area contributed by atoms with Crippen LogP contribution in [0.1, 0.15) is 55.9 Å². The lowest BCUT2D eigenvalue weighted by Gasteiger charge is -2.49. The largest absolute Gasteiger partial charge is 0.213 e. The summed E-state index contributed by atoms with van der Waals surface area (Å²) in [5.41, 5.74) is 20.1. The highest BCUT2D eigenvalue weighted by Crippen LogP contribution is 2.67. The van der Waals surface area contributed by atoms with Crippen molar-refractivity contribution >= 4 is 10.8 Å². The quantitative estimate of drug-likeness (QED) is 0.173. The van der Waals surface area contributed by atoms with E-state index in [0.29, 0.717) is 18.1 Å². The smallest absolute Gasteiger partial charge is 0.163 e. The second kappa shape index (κ2) is 14.5. The van der Waals surface area contributed by atoms with Gasteiger partial charge in [0.25, 0.3) is 0 Å². The second-order valence-electron chi connectivity index (χ2n) is 18.1. The fourth-order valence-corrected chi connectivity index (χ4v) is 12.3. The van der Waals surface area contributed by atoms with Gasteiger partial charge in [-0.25, -0.2) is 15.0 Å². The van der Waals surface area contributed by atoms with Crippen LogP contribution in [0.15, 0.2) is 237 Å².